The van der Waals surface area contributed by atoms with E-state index in [1.165, 1.54) is 13.3 Å². The van der Waals surface area contributed by atoms with Gasteiger partial charge < -0.3 is 4.74 Å². The van der Waals surface area contributed by atoms with Gasteiger partial charge in [0.25, 0.3) is 0 Å². The first-order chi connectivity index (χ1) is 8.27. The van der Waals surface area contributed by atoms with Gasteiger partial charge in [-0.05, 0) is 22.1 Å². The molecule has 1 aromatic carbocycles. The lowest BCUT2D eigenvalue weighted by molar-refractivity contribution is -0.140. The van der Waals surface area contributed by atoms with Crippen molar-refractivity contribution in [2.75, 3.05) is 6.61 Å². The van der Waals surface area contributed by atoms with Crippen molar-refractivity contribution in [2.45, 2.75) is 13.3 Å². The Labute approximate surface area is 98.2 Å². The van der Waals surface area contributed by atoms with Gasteiger partial charge in [-0.2, -0.15) is 0 Å². The maximum absolute atomic E-state index is 10.7. The monoisotopic (exact) mass is 232 g/mol. The number of ether oxygens (including phenoxy) is 1. The number of hydrogen-bond acceptors (Lipinski definition) is 5. The number of carbonyl (C=O) groups excluding carboxylic acids is 1. The number of carbonyl (C=O) groups is 1. The van der Waals surface area contributed by atoms with Gasteiger partial charge in [-0.3, -0.25) is 4.79 Å². The fraction of sp³-hybridized carbons (Fsp3) is 0.273. The quantitative estimate of drug-likeness (QED) is 0.728. The second kappa shape index (κ2) is 5.20. The minimum Gasteiger partial charge on any atom is -0.466 e. The van der Waals surface area contributed by atoms with Crippen molar-refractivity contribution in [1.29, 1.82) is 0 Å². The molecule has 0 aliphatic rings. The lowest BCUT2D eigenvalue weighted by Crippen LogP contribution is -2.06. The van der Waals surface area contributed by atoms with Crippen LogP contribution in [0.1, 0.15) is 12.5 Å². The smallest absolute Gasteiger partial charge is 0.302 e. The average Bonchev–Trinajstić information content (AvgIpc) is 2.82. The predicted molar refractivity (Wildman–Crippen MR) is 59.5 cm³/mol. The van der Waals surface area contributed by atoms with Gasteiger partial charge in [0.2, 0.25) is 0 Å². The maximum Gasteiger partial charge on any atom is 0.302 e. The molecule has 0 amide bonds. The first-order valence-electron chi connectivity index (χ1n) is 5.22. The van der Waals surface area contributed by atoms with Gasteiger partial charge in [-0.25, -0.2) is 4.68 Å². The van der Waals surface area contributed by atoms with Crippen LogP contribution in [0.25, 0.3) is 5.69 Å². The molecule has 6 heteroatoms. The van der Waals surface area contributed by atoms with Crippen LogP contribution in [0, 0.1) is 0 Å². The molecular weight excluding hydrogens is 220 g/mol. The van der Waals surface area contributed by atoms with Crippen LogP contribution in [-0.2, 0) is 16.0 Å². The molecule has 0 saturated heterocycles. The topological polar surface area (TPSA) is 69.9 Å². The summed E-state index contributed by atoms with van der Waals surface area (Å²) in [6, 6.07) is 7.71. The fourth-order valence-electron chi connectivity index (χ4n) is 1.52. The number of benzene rings is 1. The van der Waals surface area contributed by atoms with E-state index in [-0.39, 0.29) is 5.97 Å². The Kier molecular flexibility index (Phi) is 3.44. The van der Waals surface area contributed by atoms with Gasteiger partial charge in [0.15, 0.2) is 0 Å². The molecule has 0 aliphatic heterocycles. The summed E-state index contributed by atoms with van der Waals surface area (Å²) in [6.07, 6.45) is 2.17. The molecule has 0 radical (unpaired) electrons. The maximum atomic E-state index is 10.7. The van der Waals surface area contributed by atoms with Crippen LogP contribution in [0.5, 0.6) is 0 Å². The van der Waals surface area contributed by atoms with Gasteiger partial charge in [-0.1, -0.05) is 18.2 Å². The fourth-order valence-corrected chi connectivity index (χ4v) is 1.52. The number of para-hydroxylation sites is 1. The summed E-state index contributed by atoms with van der Waals surface area (Å²) in [4.78, 5) is 10.7. The van der Waals surface area contributed by atoms with E-state index in [0.717, 1.165) is 11.3 Å². The van der Waals surface area contributed by atoms with Crippen LogP contribution in [-0.4, -0.2) is 32.8 Å². The van der Waals surface area contributed by atoms with Crippen molar-refractivity contribution >= 4 is 5.97 Å². The highest BCUT2D eigenvalue weighted by Gasteiger charge is 2.05. The predicted octanol–water partition coefficient (Wildman–Crippen LogP) is 0.768. The van der Waals surface area contributed by atoms with Crippen molar-refractivity contribution in [2.24, 2.45) is 0 Å². The van der Waals surface area contributed by atoms with E-state index in [0.29, 0.717) is 13.0 Å². The molecule has 0 spiro atoms. The molecule has 88 valence electrons. The van der Waals surface area contributed by atoms with Crippen LogP contribution >= 0.6 is 0 Å². The number of hydrogen-bond donors (Lipinski definition) is 0. The molecule has 17 heavy (non-hydrogen) atoms. The molecule has 0 fully saturated rings. The Hall–Kier alpha value is -2.24. The third-order valence-corrected chi connectivity index (χ3v) is 2.26. The van der Waals surface area contributed by atoms with Gasteiger partial charge >= 0.3 is 5.97 Å². The molecule has 1 aromatic heterocycles. The SMILES string of the molecule is CC(=O)OCCc1ccccc1-n1cnnn1. The van der Waals surface area contributed by atoms with E-state index >= 15 is 0 Å². The first kappa shape index (κ1) is 11.3. The summed E-state index contributed by atoms with van der Waals surface area (Å²) in [5.41, 5.74) is 1.92. The van der Waals surface area contributed by atoms with Crippen LogP contribution in [0.2, 0.25) is 0 Å². The summed E-state index contributed by atoms with van der Waals surface area (Å²) < 4.78 is 6.50. The Morgan fingerprint density at radius 3 is 2.94 bits per heavy atom. The van der Waals surface area contributed by atoms with E-state index in [1.54, 1.807) is 4.68 Å². The van der Waals surface area contributed by atoms with Crippen LogP contribution in [0.4, 0.5) is 0 Å². The molecule has 0 atom stereocenters. The number of rotatable bonds is 4. The summed E-state index contributed by atoms with van der Waals surface area (Å²) >= 11 is 0. The second-order valence-corrected chi connectivity index (χ2v) is 3.47. The van der Waals surface area contributed by atoms with Crippen molar-refractivity contribution in [3.63, 3.8) is 0 Å². The number of tetrazole rings is 1. The minimum atomic E-state index is -0.273. The van der Waals surface area contributed by atoms with Crippen molar-refractivity contribution < 1.29 is 9.53 Å². The highest BCUT2D eigenvalue weighted by Crippen LogP contribution is 2.13. The Morgan fingerprint density at radius 2 is 2.24 bits per heavy atom. The van der Waals surface area contributed by atoms with E-state index in [1.807, 2.05) is 24.3 Å². The highest BCUT2D eigenvalue weighted by molar-refractivity contribution is 5.65. The molecule has 0 N–H and O–H groups in total. The zero-order valence-corrected chi connectivity index (χ0v) is 9.41. The van der Waals surface area contributed by atoms with Crippen LogP contribution < -0.4 is 0 Å². The largest absolute Gasteiger partial charge is 0.466 e. The Balaban J connectivity index is 2.14. The second-order valence-electron chi connectivity index (χ2n) is 3.47. The first-order valence-corrected chi connectivity index (χ1v) is 5.22. The molecule has 0 bridgehead atoms. The zero-order valence-electron chi connectivity index (χ0n) is 9.41. The van der Waals surface area contributed by atoms with Gasteiger partial charge in [0.05, 0.1) is 12.3 Å². The summed E-state index contributed by atoms with van der Waals surface area (Å²) in [6.45, 7) is 1.75. The average molecular weight is 232 g/mol. The molecule has 0 aliphatic carbocycles. The van der Waals surface area contributed by atoms with Crippen molar-refractivity contribution in [3.05, 3.63) is 36.2 Å². The minimum absolute atomic E-state index is 0.273. The third-order valence-electron chi connectivity index (χ3n) is 2.26. The molecule has 0 saturated carbocycles. The Morgan fingerprint density at radius 1 is 1.41 bits per heavy atom. The van der Waals surface area contributed by atoms with Gasteiger partial charge in [-0.15, -0.1) is 5.10 Å². The number of esters is 1. The van der Waals surface area contributed by atoms with Crippen LogP contribution in [0.3, 0.4) is 0 Å². The van der Waals surface area contributed by atoms with Gasteiger partial charge in [0.1, 0.15) is 6.33 Å². The molecular formula is C11H12N4O2. The molecule has 1 heterocycles. The lowest BCUT2D eigenvalue weighted by atomic mass is 10.1. The van der Waals surface area contributed by atoms with Crippen LogP contribution in [0.15, 0.2) is 30.6 Å². The summed E-state index contributed by atoms with van der Waals surface area (Å²) in [5.74, 6) is -0.273. The summed E-state index contributed by atoms with van der Waals surface area (Å²) in [7, 11) is 0. The molecule has 2 rings (SSSR count). The van der Waals surface area contributed by atoms with Gasteiger partial charge in [0, 0.05) is 13.3 Å². The van der Waals surface area contributed by atoms with Crippen molar-refractivity contribution in [1.82, 2.24) is 20.2 Å². The normalized spacial score (nSPS) is 10.2. The number of aromatic nitrogens is 4. The van der Waals surface area contributed by atoms with E-state index in [2.05, 4.69) is 15.5 Å². The van der Waals surface area contributed by atoms with E-state index < -0.39 is 0 Å². The van der Waals surface area contributed by atoms with E-state index in [4.69, 9.17) is 4.74 Å². The zero-order chi connectivity index (χ0) is 12.1. The number of nitrogens with zero attached hydrogens (tertiary/aromatic N) is 4. The molecule has 2 aromatic rings. The third kappa shape index (κ3) is 2.87. The lowest BCUT2D eigenvalue weighted by Gasteiger charge is -2.08. The van der Waals surface area contributed by atoms with Crippen molar-refractivity contribution in [3.8, 4) is 5.69 Å². The Bertz CT molecular complexity index is 496. The molecule has 6 nitrogen and oxygen atoms in total. The standard InChI is InChI=1S/C11H12N4O2/c1-9(16)17-7-6-10-4-2-3-5-11(10)15-8-12-13-14-15/h2-5,8H,6-7H2,1H3. The summed E-state index contributed by atoms with van der Waals surface area (Å²) in [5, 5.41) is 11.0. The highest BCUT2D eigenvalue weighted by atomic mass is 16.5. The molecule has 0 unspecified atom stereocenters. The van der Waals surface area contributed by atoms with E-state index in [9.17, 15) is 4.79 Å².